The van der Waals surface area contributed by atoms with Gasteiger partial charge in [0.15, 0.2) is 0 Å². The number of hydrogen-bond acceptors (Lipinski definition) is 3. The fourth-order valence-corrected chi connectivity index (χ4v) is 1.74. The van der Waals surface area contributed by atoms with E-state index in [1.165, 1.54) is 25.3 Å². The van der Waals surface area contributed by atoms with E-state index in [1.54, 1.807) is 30.3 Å². The van der Waals surface area contributed by atoms with Gasteiger partial charge in [0.05, 0.1) is 7.11 Å². The molecule has 2 aromatic rings. The summed E-state index contributed by atoms with van der Waals surface area (Å²) in [6, 6.07) is 12.0. The summed E-state index contributed by atoms with van der Waals surface area (Å²) in [7, 11) is 1.52. The highest BCUT2D eigenvalue weighted by molar-refractivity contribution is 5.99. The van der Waals surface area contributed by atoms with E-state index in [9.17, 15) is 13.6 Å². The molecule has 0 heterocycles. The van der Waals surface area contributed by atoms with E-state index in [-0.39, 0.29) is 5.75 Å². The number of nitrogens with one attached hydrogen (secondary N) is 2. The van der Waals surface area contributed by atoms with Crippen molar-refractivity contribution < 1.29 is 23.0 Å². The first kappa shape index (κ1) is 15.6. The summed E-state index contributed by atoms with van der Waals surface area (Å²) in [5.41, 5.74) is 0.871. The third-order valence-corrected chi connectivity index (χ3v) is 2.64. The maximum absolute atomic E-state index is 12.1. The van der Waals surface area contributed by atoms with Crippen molar-refractivity contribution in [3.8, 4) is 11.5 Å². The molecular weight excluding hydrogens is 294 g/mol. The number of benzene rings is 2. The molecule has 0 bridgehead atoms. The van der Waals surface area contributed by atoms with Crippen LogP contribution in [0.5, 0.6) is 11.5 Å². The van der Waals surface area contributed by atoms with Crippen LogP contribution in [0.25, 0.3) is 0 Å². The topological polar surface area (TPSA) is 59.6 Å². The number of carbonyl (C=O) groups excluding carboxylic acids is 1. The van der Waals surface area contributed by atoms with E-state index in [4.69, 9.17) is 4.74 Å². The van der Waals surface area contributed by atoms with Gasteiger partial charge in [0.25, 0.3) is 0 Å². The molecule has 0 fully saturated rings. The van der Waals surface area contributed by atoms with Gasteiger partial charge in [0.2, 0.25) is 0 Å². The second kappa shape index (κ2) is 7.26. The largest absolute Gasteiger partial charge is 0.497 e. The van der Waals surface area contributed by atoms with Crippen LogP contribution in [0.3, 0.4) is 0 Å². The molecule has 7 heteroatoms. The van der Waals surface area contributed by atoms with E-state index >= 15 is 0 Å². The van der Waals surface area contributed by atoms with Gasteiger partial charge in [-0.2, -0.15) is 8.78 Å². The Labute approximate surface area is 125 Å². The standard InChI is InChI=1S/C15H14F2N2O3/c1-21-12-6-2-4-10(8-12)18-15(20)19-11-5-3-7-13(9-11)22-14(16)17/h2-9,14H,1H3,(H2,18,19,20). The van der Waals surface area contributed by atoms with Gasteiger partial charge >= 0.3 is 12.6 Å². The summed E-state index contributed by atoms with van der Waals surface area (Å²) in [6.45, 7) is -2.92. The van der Waals surface area contributed by atoms with E-state index in [2.05, 4.69) is 15.4 Å². The van der Waals surface area contributed by atoms with Crippen LogP contribution in [-0.2, 0) is 0 Å². The number of hydrogen-bond donors (Lipinski definition) is 2. The third-order valence-electron chi connectivity index (χ3n) is 2.64. The predicted molar refractivity (Wildman–Crippen MR) is 78.7 cm³/mol. The van der Waals surface area contributed by atoms with Gasteiger partial charge in [-0.05, 0) is 24.3 Å². The van der Waals surface area contributed by atoms with Crippen molar-refractivity contribution in [1.82, 2.24) is 0 Å². The molecule has 0 unspecified atom stereocenters. The second-order valence-electron chi connectivity index (χ2n) is 4.22. The van der Waals surface area contributed by atoms with Crippen molar-refractivity contribution in [2.45, 2.75) is 6.61 Å². The van der Waals surface area contributed by atoms with Crippen LogP contribution in [0.2, 0.25) is 0 Å². The summed E-state index contributed by atoms with van der Waals surface area (Å²) in [5.74, 6) is 0.569. The van der Waals surface area contributed by atoms with Crippen molar-refractivity contribution in [2.24, 2.45) is 0 Å². The van der Waals surface area contributed by atoms with Crippen molar-refractivity contribution in [3.05, 3.63) is 48.5 Å². The summed E-state index contributed by atoms with van der Waals surface area (Å²) in [6.07, 6.45) is 0. The Balaban J connectivity index is 1.99. The lowest BCUT2D eigenvalue weighted by molar-refractivity contribution is -0.0497. The lowest BCUT2D eigenvalue weighted by Gasteiger charge is -2.10. The molecule has 0 spiro atoms. The molecule has 22 heavy (non-hydrogen) atoms. The van der Waals surface area contributed by atoms with Gasteiger partial charge in [-0.3, -0.25) is 0 Å². The molecule has 2 amide bonds. The number of amides is 2. The Hall–Kier alpha value is -2.83. The number of rotatable bonds is 5. The third kappa shape index (κ3) is 4.62. The van der Waals surface area contributed by atoms with Crippen LogP contribution in [0.1, 0.15) is 0 Å². The molecule has 0 atom stereocenters. The predicted octanol–water partition coefficient (Wildman–Crippen LogP) is 3.94. The molecule has 5 nitrogen and oxygen atoms in total. The zero-order valence-corrected chi connectivity index (χ0v) is 11.7. The normalized spacial score (nSPS) is 10.2. The zero-order chi connectivity index (χ0) is 15.9. The Morgan fingerprint density at radius 2 is 1.55 bits per heavy atom. The summed E-state index contributed by atoms with van der Waals surface area (Å²) >= 11 is 0. The van der Waals surface area contributed by atoms with Crippen LogP contribution < -0.4 is 20.1 Å². The smallest absolute Gasteiger partial charge is 0.387 e. The molecule has 0 aliphatic heterocycles. The molecule has 0 aliphatic carbocycles. The zero-order valence-electron chi connectivity index (χ0n) is 11.7. The Kier molecular flexibility index (Phi) is 5.13. The number of halogens is 2. The van der Waals surface area contributed by atoms with E-state index in [0.29, 0.717) is 17.1 Å². The van der Waals surface area contributed by atoms with Gasteiger partial charge in [0.1, 0.15) is 11.5 Å². The monoisotopic (exact) mass is 308 g/mol. The average molecular weight is 308 g/mol. The molecule has 2 aromatic carbocycles. The number of anilines is 2. The number of carbonyl (C=O) groups is 1. The highest BCUT2D eigenvalue weighted by Crippen LogP contribution is 2.20. The second-order valence-corrected chi connectivity index (χ2v) is 4.22. The lowest BCUT2D eigenvalue weighted by Crippen LogP contribution is -2.19. The van der Waals surface area contributed by atoms with Gasteiger partial charge in [-0.25, -0.2) is 4.79 Å². The van der Waals surface area contributed by atoms with E-state index in [1.807, 2.05) is 0 Å². The number of urea groups is 1. The van der Waals surface area contributed by atoms with Crippen LogP contribution in [0, 0.1) is 0 Å². The fraction of sp³-hybridized carbons (Fsp3) is 0.133. The maximum atomic E-state index is 12.1. The lowest BCUT2D eigenvalue weighted by atomic mass is 10.3. The summed E-state index contributed by atoms with van der Waals surface area (Å²) in [4.78, 5) is 11.9. The van der Waals surface area contributed by atoms with Crippen molar-refractivity contribution in [2.75, 3.05) is 17.7 Å². The van der Waals surface area contributed by atoms with Gasteiger partial charge in [-0.1, -0.05) is 12.1 Å². The highest BCUT2D eigenvalue weighted by atomic mass is 19.3. The first-order chi connectivity index (χ1) is 10.6. The highest BCUT2D eigenvalue weighted by Gasteiger charge is 2.07. The van der Waals surface area contributed by atoms with E-state index < -0.39 is 12.6 Å². The molecule has 0 saturated carbocycles. The van der Waals surface area contributed by atoms with Crippen LogP contribution in [-0.4, -0.2) is 19.8 Å². The van der Waals surface area contributed by atoms with Crippen molar-refractivity contribution >= 4 is 17.4 Å². The molecule has 0 aliphatic rings. The molecule has 0 radical (unpaired) electrons. The number of alkyl halides is 2. The van der Waals surface area contributed by atoms with Crippen molar-refractivity contribution in [3.63, 3.8) is 0 Å². The Morgan fingerprint density at radius 3 is 2.09 bits per heavy atom. The molecule has 0 aromatic heterocycles. The molecular formula is C15H14F2N2O3. The van der Waals surface area contributed by atoms with Gasteiger partial charge < -0.3 is 20.1 Å². The van der Waals surface area contributed by atoms with Gasteiger partial charge in [-0.15, -0.1) is 0 Å². The minimum atomic E-state index is -2.92. The Morgan fingerprint density at radius 1 is 1.00 bits per heavy atom. The Bertz CT molecular complexity index is 650. The first-order valence-electron chi connectivity index (χ1n) is 6.34. The SMILES string of the molecule is COc1cccc(NC(=O)Nc2cccc(OC(F)F)c2)c1. The molecule has 2 rings (SSSR count). The fourth-order valence-electron chi connectivity index (χ4n) is 1.74. The first-order valence-corrected chi connectivity index (χ1v) is 6.34. The van der Waals surface area contributed by atoms with Crippen LogP contribution >= 0.6 is 0 Å². The van der Waals surface area contributed by atoms with Gasteiger partial charge in [0, 0.05) is 23.5 Å². The minimum Gasteiger partial charge on any atom is -0.497 e. The summed E-state index contributed by atoms with van der Waals surface area (Å²) < 4.78 is 33.6. The average Bonchev–Trinajstić information content (AvgIpc) is 2.47. The van der Waals surface area contributed by atoms with Crippen LogP contribution in [0.4, 0.5) is 25.0 Å². The quantitative estimate of drug-likeness (QED) is 0.879. The molecule has 116 valence electrons. The van der Waals surface area contributed by atoms with E-state index in [0.717, 1.165) is 0 Å². The number of methoxy groups -OCH3 is 1. The number of ether oxygens (including phenoxy) is 2. The summed E-state index contributed by atoms with van der Waals surface area (Å²) in [5, 5.41) is 5.13. The van der Waals surface area contributed by atoms with Crippen LogP contribution in [0.15, 0.2) is 48.5 Å². The van der Waals surface area contributed by atoms with Crippen molar-refractivity contribution in [1.29, 1.82) is 0 Å². The molecule has 0 saturated heterocycles. The molecule has 2 N–H and O–H groups in total. The minimum absolute atomic E-state index is 0.0332. The maximum Gasteiger partial charge on any atom is 0.387 e.